The number of hydrogen-bond acceptors (Lipinski definition) is 3. The minimum atomic E-state index is -0.334. The van der Waals surface area contributed by atoms with Crippen molar-refractivity contribution in [3.8, 4) is 0 Å². The van der Waals surface area contributed by atoms with Gasteiger partial charge in [0.15, 0.2) is 0 Å². The van der Waals surface area contributed by atoms with E-state index in [2.05, 4.69) is 19.2 Å². The van der Waals surface area contributed by atoms with Crippen LogP contribution in [-0.2, 0) is 9.59 Å². The van der Waals surface area contributed by atoms with Crippen LogP contribution in [0.2, 0.25) is 0 Å². The predicted molar refractivity (Wildman–Crippen MR) is 86.5 cm³/mol. The summed E-state index contributed by atoms with van der Waals surface area (Å²) in [4.78, 5) is 26.7. The molecule has 1 heterocycles. The predicted octanol–water partition coefficient (Wildman–Crippen LogP) is 3.14. The van der Waals surface area contributed by atoms with Crippen molar-refractivity contribution in [3.05, 3.63) is 24.3 Å². The normalized spacial score (nSPS) is 18.1. The molecule has 1 N–H and O–H groups in total. The highest BCUT2D eigenvalue weighted by Crippen LogP contribution is 2.30. The Kier molecular flexibility index (Phi) is 5.28. The Bertz CT molecular complexity index is 531. The molecule has 1 fully saturated rings. The number of nitrogens with one attached hydrogen (secondary N) is 1. The zero-order chi connectivity index (χ0) is 15.4. The summed E-state index contributed by atoms with van der Waals surface area (Å²) in [7, 11) is 0. The average molecular weight is 306 g/mol. The van der Waals surface area contributed by atoms with Gasteiger partial charge >= 0.3 is 0 Å². The second-order valence-corrected chi connectivity index (χ2v) is 7.14. The van der Waals surface area contributed by atoms with E-state index in [4.69, 9.17) is 0 Å². The number of para-hydroxylation sites is 1. The van der Waals surface area contributed by atoms with Crippen LogP contribution < -0.4 is 5.32 Å². The summed E-state index contributed by atoms with van der Waals surface area (Å²) in [6.07, 6.45) is 1.63. The summed E-state index contributed by atoms with van der Waals surface area (Å²) in [5.41, 5.74) is 0.830. The molecule has 1 aliphatic heterocycles. The van der Waals surface area contributed by atoms with Crippen LogP contribution in [0.3, 0.4) is 0 Å². The van der Waals surface area contributed by atoms with Gasteiger partial charge in [0.05, 0.1) is 5.69 Å². The Balaban J connectivity index is 2.11. The Morgan fingerprint density at radius 3 is 2.71 bits per heavy atom. The van der Waals surface area contributed by atoms with Crippen LogP contribution in [0.1, 0.15) is 33.6 Å². The summed E-state index contributed by atoms with van der Waals surface area (Å²) in [6.45, 7) is 6.44. The van der Waals surface area contributed by atoms with Crippen molar-refractivity contribution < 1.29 is 9.59 Å². The van der Waals surface area contributed by atoms with Gasteiger partial charge in [-0.1, -0.05) is 26.0 Å². The zero-order valence-corrected chi connectivity index (χ0v) is 13.6. The fourth-order valence-electron chi connectivity index (χ4n) is 2.56. The standard InChI is InChI=1S/C16H22N2O2S/c1-11(2)21-15-9-5-4-7-13(15)17-16(20)14-8-6-10-18(14)12(3)19/h4-5,7,9,11,14H,6,8,10H2,1-3H3,(H,17,20)/t14-/m1/s1. The van der Waals surface area contributed by atoms with Gasteiger partial charge in [-0.05, 0) is 25.0 Å². The van der Waals surface area contributed by atoms with Gasteiger partial charge in [0, 0.05) is 23.6 Å². The molecule has 1 aliphatic rings. The third-order valence-corrected chi connectivity index (χ3v) is 4.55. The van der Waals surface area contributed by atoms with Crippen LogP contribution in [0.5, 0.6) is 0 Å². The highest BCUT2D eigenvalue weighted by molar-refractivity contribution is 8.00. The molecule has 1 aromatic rings. The minimum absolute atomic E-state index is 0.0301. The molecular formula is C16H22N2O2S. The lowest BCUT2D eigenvalue weighted by Gasteiger charge is -2.23. The number of carbonyl (C=O) groups excluding carboxylic acids is 2. The zero-order valence-electron chi connectivity index (χ0n) is 12.8. The number of likely N-dealkylation sites (tertiary alicyclic amines) is 1. The van der Waals surface area contributed by atoms with Crippen LogP contribution in [0.25, 0.3) is 0 Å². The van der Waals surface area contributed by atoms with Crippen LogP contribution in [0.4, 0.5) is 5.69 Å². The molecule has 0 aromatic heterocycles. The van der Waals surface area contributed by atoms with Crippen LogP contribution in [-0.4, -0.2) is 34.6 Å². The van der Waals surface area contributed by atoms with E-state index in [1.165, 1.54) is 6.92 Å². The molecule has 0 aliphatic carbocycles. The van der Waals surface area contributed by atoms with Crippen LogP contribution in [0, 0.1) is 0 Å². The second-order valence-electron chi connectivity index (χ2n) is 5.52. The Labute approximate surface area is 130 Å². The van der Waals surface area contributed by atoms with Crippen molar-refractivity contribution in [1.82, 2.24) is 4.90 Å². The van der Waals surface area contributed by atoms with Gasteiger partial charge in [-0.2, -0.15) is 0 Å². The van der Waals surface area contributed by atoms with Gasteiger partial charge in [-0.25, -0.2) is 0 Å². The van der Waals surface area contributed by atoms with Crippen molar-refractivity contribution >= 4 is 29.3 Å². The summed E-state index contributed by atoms with van der Waals surface area (Å²) >= 11 is 1.72. The highest BCUT2D eigenvalue weighted by Gasteiger charge is 2.32. The number of amides is 2. The number of rotatable bonds is 4. The topological polar surface area (TPSA) is 49.4 Å². The van der Waals surface area contributed by atoms with E-state index < -0.39 is 0 Å². The number of anilines is 1. The summed E-state index contributed by atoms with van der Waals surface area (Å²) in [6, 6.07) is 7.47. The van der Waals surface area contributed by atoms with Crippen molar-refractivity contribution in [1.29, 1.82) is 0 Å². The molecule has 21 heavy (non-hydrogen) atoms. The SMILES string of the molecule is CC(=O)N1CCC[C@@H]1C(=O)Nc1ccccc1SC(C)C. The van der Waals surface area contributed by atoms with Gasteiger partial charge in [-0.3, -0.25) is 9.59 Å². The monoisotopic (exact) mass is 306 g/mol. The molecule has 1 atom stereocenters. The van der Waals surface area contributed by atoms with Gasteiger partial charge in [0.25, 0.3) is 0 Å². The lowest BCUT2D eigenvalue weighted by molar-refractivity contribution is -0.134. The maximum Gasteiger partial charge on any atom is 0.247 e. The third-order valence-electron chi connectivity index (χ3n) is 3.47. The van der Waals surface area contributed by atoms with Gasteiger partial charge < -0.3 is 10.2 Å². The van der Waals surface area contributed by atoms with E-state index in [-0.39, 0.29) is 17.9 Å². The molecule has 5 heteroatoms. The number of benzene rings is 1. The Morgan fingerprint density at radius 1 is 1.33 bits per heavy atom. The fourth-order valence-corrected chi connectivity index (χ4v) is 3.47. The first kappa shape index (κ1) is 15.9. The maximum absolute atomic E-state index is 12.5. The van der Waals surface area contributed by atoms with E-state index in [1.54, 1.807) is 16.7 Å². The van der Waals surface area contributed by atoms with Gasteiger partial charge in [0.2, 0.25) is 11.8 Å². The van der Waals surface area contributed by atoms with Crippen molar-refractivity contribution in [2.75, 3.05) is 11.9 Å². The largest absolute Gasteiger partial charge is 0.331 e. The lowest BCUT2D eigenvalue weighted by Crippen LogP contribution is -2.42. The first-order valence-electron chi connectivity index (χ1n) is 7.33. The molecule has 2 amide bonds. The quantitative estimate of drug-likeness (QED) is 0.869. The number of nitrogens with zero attached hydrogens (tertiary/aromatic N) is 1. The summed E-state index contributed by atoms with van der Waals surface area (Å²) in [5, 5.41) is 3.44. The molecular weight excluding hydrogens is 284 g/mol. The molecule has 0 bridgehead atoms. The highest BCUT2D eigenvalue weighted by atomic mass is 32.2. The first-order valence-corrected chi connectivity index (χ1v) is 8.20. The molecule has 2 rings (SSSR count). The molecule has 0 radical (unpaired) electrons. The fraction of sp³-hybridized carbons (Fsp3) is 0.500. The number of hydrogen-bond donors (Lipinski definition) is 1. The average Bonchev–Trinajstić information content (AvgIpc) is 2.90. The maximum atomic E-state index is 12.5. The molecule has 0 unspecified atom stereocenters. The smallest absolute Gasteiger partial charge is 0.247 e. The summed E-state index contributed by atoms with van der Waals surface area (Å²) < 4.78 is 0. The van der Waals surface area contributed by atoms with E-state index >= 15 is 0 Å². The van der Waals surface area contributed by atoms with Crippen molar-refractivity contribution in [3.63, 3.8) is 0 Å². The van der Waals surface area contributed by atoms with Gasteiger partial charge in [-0.15, -0.1) is 11.8 Å². The number of carbonyl (C=O) groups is 2. The second kappa shape index (κ2) is 6.98. The van der Waals surface area contributed by atoms with Crippen molar-refractivity contribution in [2.24, 2.45) is 0 Å². The lowest BCUT2D eigenvalue weighted by atomic mass is 10.2. The molecule has 0 spiro atoms. The van der Waals surface area contributed by atoms with Crippen LogP contribution >= 0.6 is 11.8 Å². The molecule has 4 nitrogen and oxygen atoms in total. The van der Waals surface area contributed by atoms with E-state index in [9.17, 15) is 9.59 Å². The van der Waals surface area contributed by atoms with Gasteiger partial charge in [0.1, 0.15) is 6.04 Å². The van der Waals surface area contributed by atoms with Crippen LogP contribution in [0.15, 0.2) is 29.2 Å². The molecule has 1 aromatic carbocycles. The van der Waals surface area contributed by atoms with E-state index in [0.717, 1.165) is 23.4 Å². The van der Waals surface area contributed by atoms with Crippen molar-refractivity contribution in [2.45, 2.75) is 49.8 Å². The van der Waals surface area contributed by atoms with E-state index in [0.29, 0.717) is 11.8 Å². The molecule has 114 valence electrons. The minimum Gasteiger partial charge on any atom is -0.331 e. The Morgan fingerprint density at radius 2 is 2.05 bits per heavy atom. The number of thioether (sulfide) groups is 1. The van der Waals surface area contributed by atoms with E-state index in [1.807, 2.05) is 24.3 Å². The summed E-state index contributed by atoms with van der Waals surface area (Å²) in [5.74, 6) is -0.114. The third kappa shape index (κ3) is 4.00. The molecule has 0 saturated carbocycles. The first-order chi connectivity index (χ1) is 9.99. The Hall–Kier alpha value is -1.49. The molecule has 1 saturated heterocycles.